The minimum absolute atomic E-state index is 0.304. The highest BCUT2D eigenvalue weighted by Gasteiger charge is 2.43. The molecule has 0 amide bonds. The fourth-order valence-electron chi connectivity index (χ4n) is 4.19. The number of unbranched alkanes of at least 4 members (excludes halogenated alkanes) is 6. The summed E-state index contributed by atoms with van der Waals surface area (Å²) in [6.45, 7) is 8.81. The minimum Gasteiger partial charge on any atom is -0.338 e. The summed E-state index contributed by atoms with van der Waals surface area (Å²) < 4.78 is -0.304. The number of benzene rings is 1. The SMILES string of the molecule is CCCCCCCCC(SP(O)(O)=S)(c1ccc(C)cc1)C(CC)CCCC. The van der Waals surface area contributed by atoms with Crippen LogP contribution in [0.5, 0.6) is 0 Å². The third-order valence-corrected chi connectivity index (χ3v) is 9.48. The summed E-state index contributed by atoms with van der Waals surface area (Å²) in [4.78, 5) is 20.7. The molecule has 2 unspecified atom stereocenters. The van der Waals surface area contributed by atoms with E-state index >= 15 is 0 Å². The van der Waals surface area contributed by atoms with E-state index in [2.05, 4.69) is 52.0 Å². The maximum absolute atomic E-state index is 10.4. The normalized spacial score (nSPS) is 15.4. The van der Waals surface area contributed by atoms with Crippen molar-refractivity contribution >= 4 is 28.9 Å². The van der Waals surface area contributed by atoms with Gasteiger partial charge in [0.1, 0.15) is 0 Å². The molecule has 2 nitrogen and oxygen atoms in total. The van der Waals surface area contributed by atoms with E-state index < -0.39 is 5.69 Å². The summed E-state index contributed by atoms with van der Waals surface area (Å²) in [5.74, 6) is 0.400. The van der Waals surface area contributed by atoms with Crippen molar-refractivity contribution in [2.45, 2.75) is 103 Å². The van der Waals surface area contributed by atoms with Crippen LogP contribution in [0.2, 0.25) is 0 Å². The zero-order chi connectivity index (χ0) is 21.0. The molecule has 0 radical (unpaired) electrons. The molecular weight excluding hydrogens is 403 g/mol. The maximum Gasteiger partial charge on any atom is 0.243 e. The third kappa shape index (κ3) is 8.88. The topological polar surface area (TPSA) is 40.5 Å². The molecule has 0 saturated carbocycles. The quantitative estimate of drug-likeness (QED) is 0.212. The van der Waals surface area contributed by atoms with Gasteiger partial charge in [-0.2, -0.15) is 0 Å². The van der Waals surface area contributed by atoms with E-state index in [-0.39, 0.29) is 4.75 Å². The predicted molar refractivity (Wildman–Crippen MR) is 130 cm³/mol. The van der Waals surface area contributed by atoms with Crippen LogP contribution in [0.15, 0.2) is 24.3 Å². The van der Waals surface area contributed by atoms with E-state index in [0.717, 1.165) is 32.1 Å². The van der Waals surface area contributed by atoms with Crippen molar-refractivity contribution in [3.63, 3.8) is 0 Å². The standard InChI is InChI=1S/C23H41O2PS2/c1-5-8-10-11-12-13-19-23(28-26(24,25)27,21(7-3)14-9-6-2)22-17-15-20(4)16-18-22/h15-18,21H,5-14,19H2,1-4H3,(H2,24,25,27). The number of rotatable bonds is 15. The van der Waals surface area contributed by atoms with Crippen molar-refractivity contribution in [2.24, 2.45) is 5.92 Å². The minimum atomic E-state index is -3.38. The van der Waals surface area contributed by atoms with Crippen molar-refractivity contribution in [1.82, 2.24) is 0 Å². The summed E-state index contributed by atoms with van der Waals surface area (Å²) >= 11 is 6.46. The smallest absolute Gasteiger partial charge is 0.243 e. The summed E-state index contributed by atoms with van der Waals surface area (Å²) in [7, 11) is 0. The van der Waals surface area contributed by atoms with Gasteiger partial charge in [-0.3, -0.25) is 0 Å². The average molecular weight is 445 g/mol. The Morgan fingerprint density at radius 1 is 0.929 bits per heavy atom. The Hall–Kier alpha value is 0.140. The van der Waals surface area contributed by atoms with Gasteiger partial charge in [-0.25, -0.2) is 0 Å². The molecule has 0 heterocycles. The number of hydrogen-bond donors (Lipinski definition) is 2. The Kier molecular flexibility index (Phi) is 12.6. The molecule has 0 aliphatic rings. The lowest BCUT2D eigenvalue weighted by molar-refractivity contribution is 0.314. The average Bonchev–Trinajstić information content (AvgIpc) is 2.64. The van der Waals surface area contributed by atoms with Crippen LogP contribution in [-0.2, 0) is 16.6 Å². The fraction of sp³-hybridized carbons (Fsp3) is 0.739. The molecule has 5 heteroatoms. The summed E-state index contributed by atoms with van der Waals surface area (Å²) in [5, 5.41) is 0. The molecule has 28 heavy (non-hydrogen) atoms. The highest BCUT2D eigenvalue weighted by Crippen LogP contribution is 2.65. The Balaban J connectivity index is 3.19. The molecule has 2 atom stereocenters. The van der Waals surface area contributed by atoms with Crippen LogP contribution in [0.4, 0.5) is 0 Å². The summed E-state index contributed by atoms with van der Waals surface area (Å²) in [6, 6.07) is 8.69. The van der Waals surface area contributed by atoms with Crippen LogP contribution < -0.4 is 0 Å². The molecule has 1 rings (SSSR count). The van der Waals surface area contributed by atoms with Crippen molar-refractivity contribution in [3.05, 3.63) is 35.4 Å². The largest absolute Gasteiger partial charge is 0.338 e. The lowest BCUT2D eigenvalue weighted by atomic mass is 9.77. The lowest BCUT2D eigenvalue weighted by Crippen LogP contribution is -2.32. The van der Waals surface area contributed by atoms with Gasteiger partial charge in [0.05, 0.1) is 4.75 Å². The molecule has 0 bridgehead atoms. The second-order valence-electron chi connectivity index (χ2n) is 8.10. The second kappa shape index (κ2) is 13.4. The number of hydrogen-bond acceptors (Lipinski definition) is 2. The maximum atomic E-state index is 10.4. The van der Waals surface area contributed by atoms with Crippen LogP contribution in [0.3, 0.4) is 0 Å². The van der Waals surface area contributed by atoms with Crippen molar-refractivity contribution in [2.75, 3.05) is 0 Å². The van der Waals surface area contributed by atoms with Gasteiger partial charge >= 0.3 is 0 Å². The van der Waals surface area contributed by atoms with E-state index in [0.29, 0.717) is 5.92 Å². The van der Waals surface area contributed by atoms with Crippen LogP contribution in [0.25, 0.3) is 0 Å². The molecule has 1 aromatic rings. The summed E-state index contributed by atoms with van der Waals surface area (Å²) in [6.07, 6.45) is 12.9. The summed E-state index contributed by atoms with van der Waals surface area (Å²) in [5.41, 5.74) is -0.928. The third-order valence-electron chi connectivity index (χ3n) is 5.78. The number of aryl methyl sites for hydroxylation is 1. The Bertz CT molecular complexity index is 585. The molecule has 0 saturated heterocycles. The van der Waals surface area contributed by atoms with Crippen LogP contribution in [0, 0.1) is 12.8 Å². The van der Waals surface area contributed by atoms with Crippen molar-refractivity contribution in [3.8, 4) is 0 Å². The van der Waals surface area contributed by atoms with E-state index in [1.807, 2.05) is 0 Å². The first-order chi connectivity index (χ1) is 13.3. The van der Waals surface area contributed by atoms with E-state index in [9.17, 15) is 9.79 Å². The monoisotopic (exact) mass is 444 g/mol. The van der Waals surface area contributed by atoms with Gasteiger partial charge in [0, 0.05) is 0 Å². The second-order valence-corrected chi connectivity index (χ2v) is 14.3. The van der Waals surface area contributed by atoms with Crippen LogP contribution in [0.1, 0.15) is 103 Å². The van der Waals surface area contributed by atoms with E-state index in [4.69, 9.17) is 11.8 Å². The molecule has 0 aliphatic heterocycles. The molecule has 0 aromatic heterocycles. The van der Waals surface area contributed by atoms with Gasteiger partial charge < -0.3 is 9.79 Å². The van der Waals surface area contributed by atoms with Gasteiger partial charge in [-0.1, -0.05) is 120 Å². The van der Waals surface area contributed by atoms with Gasteiger partial charge in [0.2, 0.25) is 5.69 Å². The highest BCUT2D eigenvalue weighted by molar-refractivity contribution is 8.67. The molecule has 1 aromatic carbocycles. The Morgan fingerprint density at radius 2 is 1.50 bits per heavy atom. The molecule has 0 fully saturated rings. The Morgan fingerprint density at radius 3 is 2.04 bits per heavy atom. The van der Waals surface area contributed by atoms with Crippen LogP contribution >= 0.6 is 17.1 Å². The molecule has 0 spiro atoms. The molecular formula is C23H41O2PS2. The van der Waals surface area contributed by atoms with Crippen molar-refractivity contribution in [1.29, 1.82) is 0 Å². The van der Waals surface area contributed by atoms with Crippen LogP contribution in [-0.4, -0.2) is 9.79 Å². The molecule has 162 valence electrons. The first kappa shape index (κ1) is 26.2. The van der Waals surface area contributed by atoms with Gasteiger partial charge in [-0.15, -0.1) is 0 Å². The van der Waals surface area contributed by atoms with Gasteiger partial charge in [-0.05, 0) is 43.1 Å². The van der Waals surface area contributed by atoms with Gasteiger partial charge in [0.15, 0.2) is 0 Å². The first-order valence-corrected chi connectivity index (χ1v) is 15.3. The lowest BCUT2D eigenvalue weighted by Gasteiger charge is -2.42. The van der Waals surface area contributed by atoms with Crippen molar-refractivity contribution < 1.29 is 9.79 Å². The Labute approximate surface area is 182 Å². The fourth-order valence-corrected chi connectivity index (χ4v) is 9.03. The zero-order valence-corrected chi connectivity index (χ0v) is 20.9. The van der Waals surface area contributed by atoms with E-state index in [1.54, 1.807) is 0 Å². The van der Waals surface area contributed by atoms with Gasteiger partial charge in [0.25, 0.3) is 0 Å². The predicted octanol–water partition coefficient (Wildman–Crippen LogP) is 8.10. The molecule has 0 aliphatic carbocycles. The zero-order valence-electron chi connectivity index (χ0n) is 18.3. The first-order valence-electron chi connectivity index (χ1n) is 11.1. The highest BCUT2D eigenvalue weighted by atomic mass is 32.9. The molecule has 2 N–H and O–H groups in total. The van der Waals surface area contributed by atoms with E-state index in [1.165, 1.54) is 61.0 Å².